The van der Waals surface area contributed by atoms with E-state index in [1.807, 2.05) is 25.7 Å². The van der Waals surface area contributed by atoms with Gasteiger partial charge < -0.3 is 28.9 Å². The van der Waals surface area contributed by atoms with Gasteiger partial charge in [-0.2, -0.15) is 9.97 Å². The van der Waals surface area contributed by atoms with Gasteiger partial charge in [0, 0.05) is 44.0 Å². The molecular weight excluding hydrogens is 682 g/mol. The van der Waals surface area contributed by atoms with Gasteiger partial charge in [0.05, 0.1) is 22.2 Å². The molecule has 0 bridgehead atoms. The summed E-state index contributed by atoms with van der Waals surface area (Å²) in [4.78, 5) is 49.2. The summed E-state index contributed by atoms with van der Waals surface area (Å²) in [5.74, 6) is -0.911. The maximum atomic E-state index is 16.7. The number of nitrogens with one attached hydrogen (secondary N) is 1. The minimum atomic E-state index is -0.758. The molecule has 1 atom stereocenters. The van der Waals surface area contributed by atoms with Crippen molar-refractivity contribution in [2.45, 2.75) is 78.0 Å². The Kier molecular flexibility index (Phi) is 10.2. The zero-order valence-corrected chi connectivity index (χ0v) is 30.8. The lowest BCUT2D eigenvalue weighted by Gasteiger charge is -2.36. The largest absolute Gasteiger partial charge is 0.463 e. The Labute approximate surface area is 299 Å². The van der Waals surface area contributed by atoms with Crippen molar-refractivity contribution in [1.82, 2.24) is 29.7 Å². The highest BCUT2D eigenvalue weighted by Crippen LogP contribution is 2.38. The second-order valence-electron chi connectivity index (χ2n) is 14.8. The number of nitrogens with zero attached hydrogens (tertiary/aromatic N) is 7. The molecule has 2 amide bonds. The lowest BCUT2D eigenvalue weighted by Crippen LogP contribution is -2.50. The van der Waals surface area contributed by atoms with E-state index in [1.165, 1.54) is 18.3 Å². The van der Waals surface area contributed by atoms with Crippen LogP contribution in [0.15, 0.2) is 18.3 Å². The molecule has 0 radical (unpaired) electrons. The third kappa shape index (κ3) is 8.38. The van der Waals surface area contributed by atoms with Crippen LogP contribution in [-0.4, -0.2) is 106 Å². The summed E-state index contributed by atoms with van der Waals surface area (Å²) in [6.45, 7) is 13.6. The number of piperazine rings is 1. The van der Waals surface area contributed by atoms with E-state index in [1.54, 1.807) is 25.7 Å². The van der Waals surface area contributed by atoms with Crippen molar-refractivity contribution < 1.29 is 32.6 Å². The Morgan fingerprint density at radius 1 is 0.961 bits per heavy atom. The number of amides is 2. The van der Waals surface area contributed by atoms with E-state index in [0.717, 1.165) is 37.1 Å². The van der Waals surface area contributed by atoms with Crippen LogP contribution >= 0.6 is 11.3 Å². The van der Waals surface area contributed by atoms with Gasteiger partial charge in [-0.1, -0.05) is 11.3 Å². The minimum absolute atomic E-state index is 0.0190. The van der Waals surface area contributed by atoms with Crippen LogP contribution in [0.25, 0.3) is 32.4 Å². The van der Waals surface area contributed by atoms with Crippen LogP contribution in [-0.2, 0) is 9.47 Å². The number of benzene rings is 1. The van der Waals surface area contributed by atoms with Gasteiger partial charge >= 0.3 is 18.2 Å². The van der Waals surface area contributed by atoms with Gasteiger partial charge in [0.1, 0.15) is 34.0 Å². The molecule has 2 aliphatic heterocycles. The summed E-state index contributed by atoms with van der Waals surface area (Å²) in [6.07, 6.45) is 3.31. The van der Waals surface area contributed by atoms with Crippen molar-refractivity contribution in [3.8, 4) is 17.3 Å². The molecule has 0 saturated carbocycles. The number of pyridine rings is 1. The van der Waals surface area contributed by atoms with Crippen molar-refractivity contribution in [3.63, 3.8) is 0 Å². The molecule has 2 aliphatic rings. The summed E-state index contributed by atoms with van der Waals surface area (Å²) in [5, 5.41) is 2.98. The van der Waals surface area contributed by atoms with Crippen LogP contribution in [0.5, 0.6) is 6.01 Å². The van der Waals surface area contributed by atoms with E-state index >= 15 is 8.78 Å². The highest BCUT2D eigenvalue weighted by Gasteiger charge is 2.30. The van der Waals surface area contributed by atoms with E-state index in [9.17, 15) is 9.59 Å². The van der Waals surface area contributed by atoms with E-state index in [4.69, 9.17) is 19.2 Å². The number of rotatable bonds is 7. The molecule has 1 aromatic carbocycles. The molecular formula is C35H44F2N8O5S. The Bertz CT molecular complexity index is 1940. The molecule has 13 nitrogen and oxygen atoms in total. The van der Waals surface area contributed by atoms with Gasteiger partial charge in [-0.25, -0.2) is 23.4 Å². The topological polar surface area (TPSA) is 135 Å². The van der Waals surface area contributed by atoms with Crippen LogP contribution in [0, 0.1) is 11.6 Å². The molecule has 4 aromatic rings. The molecule has 2 fully saturated rings. The van der Waals surface area contributed by atoms with Crippen molar-refractivity contribution >= 4 is 55.6 Å². The monoisotopic (exact) mass is 726 g/mol. The molecule has 2 saturated heterocycles. The maximum Gasteiger partial charge on any atom is 0.413 e. The van der Waals surface area contributed by atoms with Crippen LogP contribution in [0.1, 0.15) is 60.8 Å². The van der Waals surface area contributed by atoms with Crippen LogP contribution in [0.4, 0.5) is 29.3 Å². The quantitative estimate of drug-likeness (QED) is 0.214. The summed E-state index contributed by atoms with van der Waals surface area (Å²) in [5.41, 5.74) is -1.15. The number of halogens is 2. The third-order valence-corrected chi connectivity index (χ3v) is 9.57. The normalized spacial score (nSPS) is 17.3. The van der Waals surface area contributed by atoms with Crippen molar-refractivity contribution in [2.75, 3.05) is 56.6 Å². The highest BCUT2D eigenvalue weighted by atomic mass is 32.1. The fourth-order valence-corrected chi connectivity index (χ4v) is 7.07. The molecule has 1 N–H and O–H groups in total. The van der Waals surface area contributed by atoms with Crippen LogP contribution in [0.2, 0.25) is 0 Å². The number of aromatic nitrogens is 4. The fraction of sp³-hybridized carbons (Fsp3) is 0.543. The smallest absolute Gasteiger partial charge is 0.413 e. The SMILES string of the molecule is CN1CCCC1CCOc1nc(N2CCN(C(=O)OC(C)(C)C)CC2)c2cnc(-c3ccc(F)c4sc(NC(=O)OC(C)(C)C)nc34)c(F)c2n1. The second kappa shape index (κ2) is 14.3. The molecule has 0 spiro atoms. The molecule has 3 aromatic heterocycles. The summed E-state index contributed by atoms with van der Waals surface area (Å²) < 4.78 is 48.8. The average Bonchev–Trinajstić information content (AvgIpc) is 3.66. The predicted octanol–water partition coefficient (Wildman–Crippen LogP) is 6.85. The zero-order chi connectivity index (χ0) is 36.7. The van der Waals surface area contributed by atoms with Gasteiger partial charge in [-0.15, -0.1) is 0 Å². The van der Waals surface area contributed by atoms with Crippen molar-refractivity contribution in [1.29, 1.82) is 0 Å². The third-order valence-electron chi connectivity index (χ3n) is 8.59. The minimum Gasteiger partial charge on any atom is -0.463 e. The number of ether oxygens (including phenoxy) is 3. The lowest BCUT2D eigenvalue weighted by molar-refractivity contribution is 0.0240. The van der Waals surface area contributed by atoms with Crippen LogP contribution < -0.4 is 15.0 Å². The van der Waals surface area contributed by atoms with Gasteiger partial charge in [0.2, 0.25) is 0 Å². The molecule has 5 heterocycles. The van der Waals surface area contributed by atoms with Crippen molar-refractivity contribution in [3.05, 3.63) is 30.0 Å². The molecule has 6 rings (SSSR count). The molecule has 51 heavy (non-hydrogen) atoms. The number of likely N-dealkylation sites (tertiary alicyclic amines) is 1. The van der Waals surface area contributed by atoms with Gasteiger partial charge in [-0.3, -0.25) is 10.3 Å². The van der Waals surface area contributed by atoms with Gasteiger partial charge in [0.15, 0.2) is 10.9 Å². The maximum absolute atomic E-state index is 16.7. The first kappa shape index (κ1) is 36.4. The Morgan fingerprint density at radius 2 is 1.69 bits per heavy atom. The van der Waals surface area contributed by atoms with E-state index in [2.05, 4.69) is 32.2 Å². The predicted molar refractivity (Wildman–Crippen MR) is 192 cm³/mol. The molecule has 16 heteroatoms. The Hall–Kier alpha value is -4.44. The number of hydrogen-bond donors (Lipinski definition) is 1. The highest BCUT2D eigenvalue weighted by molar-refractivity contribution is 7.22. The lowest BCUT2D eigenvalue weighted by atomic mass is 10.1. The number of hydrogen-bond acceptors (Lipinski definition) is 12. The van der Waals surface area contributed by atoms with Gasteiger partial charge in [-0.05, 0) is 86.5 Å². The first-order valence-corrected chi connectivity index (χ1v) is 17.9. The van der Waals surface area contributed by atoms with E-state index < -0.39 is 35.0 Å². The molecule has 0 aliphatic carbocycles. The number of anilines is 2. The molecule has 1 unspecified atom stereocenters. The number of carbonyl (C=O) groups is 2. The number of fused-ring (bicyclic) bond motifs is 2. The first-order chi connectivity index (χ1) is 24.1. The summed E-state index contributed by atoms with van der Waals surface area (Å²) >= 11 is 0.904. The molecule has 274 valence electrons. The Balaban J connectivity index is 1.34. The summed E-state index contributed by atoms with van der Waals surface area (Å²) in [7, 11) is 2.09. The van der Waals surface area contributed by atoms with E-state index in [0.29, 0.717) is 50.0 Å². The van der Waals surface area contributed by atoms with Crippen molar-refractivity contribution in [2.24, 2.45) is 0 Å². The zero-order valence-electron chi connectivity index (χ0n) is 30.0. The summed E-state index contributed by atoms with van der Waals surface area (Å²) in [6, 6.07) is 3.01. The van der Waals surface area contributed by atoms with E-state index in [-0.39, 0.29) is 38.1 Å². The van der Waals surface area contributed by atoms with Gasteiger partial charge in [0.25, 0.3) is 0 Å². The van der Waals surface area contributed by atoms with Crippen LogP contribution in [0.3, 0.4) is 0 Å². The standard InChI is InChI=1S/C35H44F2N8O5S/c1-34(2,3)49-32(46)42-31-40-27-21(10-11-23(36)28(27)51-31)25-24(37)26-22(19-38-25)29(41-30(39-26)48-18-12-20-9-8-13-43(20)7)44-14-16-45(17-15-44)33(47)50-35(4,5)6/h10-11,19-20H,8-9,12-18H2,1-7H3,(H,40,42,46). The first-order valence-electron chi connectivity index (χ1n) is 17.1. The average molecular weight is 727 g/mol. The number of carbonyl (C=O) groups excluding carboxylic acids is 2. The Morgan fingerprint density at radius 3 is 2.35 bits per heavy atom. The second-order valence-corrected chi connectivity index (χ2v) is 15.8. The fourth-order valence-electron chi connectivity index (χ4n) is 6.18. The number of thiazole rings is 1.